The maximum absolute atomic E-state index is 14.7. The Kier molecular flexibility index (Phi) is 5.59. The number of ketones is 1. The van der Waals surface area contributed by atoms with Gasteiger partial charge in [-0.05, 0) is 47.0 Å². The number of hydrogen-bond donors (Lipinski definition) is 0. The first-order chi connectivity index (χ1) is 17.4. The van der Waals surface area contributed by atoms with Crippen LogP contribution in [0.15, 0.2) is 48.5 Å². The van der Waals surface area contributed by atoms with Gasteiger partial charge in [0.1, 0.15) is 23.9 Å². The second-order valence-corrected chi connectivity index (χ2v) is 9.40. The minimum atomic E-state index is -0.675. The van der Waals surface area contributed by atoms with E-state index in [1.807, 2.05) is 24.3 Å². The molecule has 6 nitrogen and oxygen atoms in total. The van der Waals surface area contributed by atoms with Crippen LogP contribution >= 0.6 is 0 Å². The molecule has 1 saturated heterocycles. The number of amides is 1. The van der Waals surface area contributed by atoms with E-state index in [-0.39, 0.29) is 42.6 Å². The second-order valence-electron chi connectivity index (χ2n) is 9.40. The van der Waals surface area contributed by atoms with E-state index in [2.05, 4.69) is 0 Å². The Morgan fingerprint density at radius 3 is 2.58 bits per heavy atom. The third kappa shape index (κ3) is 4.17. The molecular weight excluding hydrogens is 468 g/mol. The summed E-state index contributed by atoms with van der Waals surface area (Å²) in [6.07, 6.45) is 0.971. The van der Waals surface area contributed by atoms with Crippen molar-refractivity contribution < 1.29 is 32.6 Å². The largest absolute Gasteiger partial charge is 0.493 e. The predicted molar refractivity (Wildman–Crippen MR) is 127 cm³/mol. The van der Waals surface area contributed by atoms with Crippen molar-refractivity contribution in [2.24, 2.45) is 5.92 Å². The van der Waals surface area contributed by atoms with Gasteiger partial charge in [0.05, 0.1) is 18.8 Å². The number of ether oxygens (including phenoxy) is 3. The molecule has 0 aromatic heterocycles. The first-order valence-corrected chi connectivity index (χ1v) is 11.9. The van der Waals surface area contributed by atoms with Crippen molar-refractivity contribution in [2.75, 3.05) is 32.9 Å². The van der Waals surface area contributed by atoms with Gasteiger partial charge >= 0.3 is 0 Å². The summed E-state index contributed by atoms with van der Waals surface area (Å²) in [5.41, 5.74) is 3.24. The number of fused-ring (bicyclic) bond motifs is 2. The summed E-state index contributed by atoms with van der Waals surface area (Å²) in [6.45, 7) is 1.58. The third-order valence-electron chi connectivity index (χ3n) is 6.83. The Morgan fingerprint density at radius 2 is 1.75 bits per heavy atom. The van der Waals surface area contributed by atoms with Crippen molar-refractivity contribution in [3.63, 3.8) is 0 Å². The minimum Gasteiger partial charge on any atom is -0.493 e. The van der Waals surface area contributed by atoms with Gasteiger partial charge in [0, 0.05) is 43.5 Å². The van der Waals surface area contributed by atoms with Gasteiger partial charge in [0.2, 0.25) is 0 Å². The highest BCUT2D eigenvalue weighted by atomic mass is 19.1. The van der Waals surface area contributed by atoms with E-state index in [9.17, 15) is 18.4 Å². The van der Waals surface area contributed by atoms with Crippen molar-refractivity contribution in [1.29, 1.82) is 0 Å². The van der Waals surface area contributed by atoms with Gasteiger partial charge in [-0.1, -0.05) is 12.1 Å². The Labute approximate surface area is 206 Å². The quantitative estimate of drug-likeness (QED) is 0.535. The summed E-state index contributed by atoms with van der Waals surface area (Å²) < 4.78 is 45.7. The Hall–Kier alpha value is -3.94. The molecule has 8 heteroatoms. The van der Waals surface area contributed by atoms with Gasteiger partial charge in [-0.15, -0.1) is 0 Å². The zero-order chi connectivity index (χ0) is 24.8. The maximum Gasteiger partial charge on any atom is 0.256 e. The lowest BCUT2D eigenvalue weighted by atomic mass is 9.97. The monoisotopic (exact) mass is 491 g/mol. The lowest BCUT2D eigenvalue weighted by Crippen LogP contribution is -2.52. The highest BCUT2D eigenvalue weighted by molar-refractivity contribution is 5.96. The summed E-state index contributed by atoms with van der Waals surface area (Å²) in [5.74, 6) is -0.345. The summed E-state index contributed by atoms with van der Waals surface area (Å²) in [4.78, 5) is 25.9. The molecule has 3 aromatic carbocycles. The Bertz CT molecular complexity index is 1380. The number of halogens is 2. The molecule has 0 spiro atoms. The molecule has 1 amide bonds. The maximum atomic E-state index is 14.7. The van der Waals surface area contributed by atoms with Crippen molar-refractivity contribution in [1.82, 2.24) is 4.90 Å². The normalized spacial score (nSPS) is 16.5. The molecule has 3 heterocycles. The van der Waals surface area contributed by atoms with Crippen molar-refractivity contribution in [3.05, 3.63) is 76.9 Å². The van der Waals surface area contributed by atoms with Crippen LogP contribution in [-0.4, -0.2) is 49.5 Å². The number of Topliss-reactive ketones (excluding diaryl/α,β-unsaturated/α-hetero) is 1. The molecule has 0 atom stereocenters. The molecule has 0 N–H and O–H groups in total. The average Bonchev–Trinajstić information content (AvgIpc) is 3.31. The molecule has 3 aliphatic heterocycles. The van der Waals surface area contributed by atoms with Crippen LogP contribution in [-0.2, 0) is 17.6 Å². The number of carbonyl (C=O) groups excluding carboxylic acids is 2. The molecule has 1 fully saturated rings. The van der Waals surface area contributed by atoms with Crippen LogP contribution < -0.4 is 14.2 Å². The number of carbonyl (C=O) groups is 2. The number of rotatable bonds is 5. The molecule has 6 rings (SSSR count). The first-order valence-electron chi connectivity index (χ1n) is 11.9. The average molecular weight is 491 g/mol. The van der Waals surface area contributed by atoms with E-state index >= 15 is 0 Å². The minimum absolute atomic E-state index is 0.00957. The third-order valence-corrected chi connectivity index (χ3v) is 6.83. The number of likely N-dealkylation sites (tertiary alicyclic amines) is 1. The van der Waals surface area contributed by atoms with E-state index < -0.39 is 17.5 Å². The van der Waals surface area contributed by atoms with Crippen molar-refractivity contribution >= 4 is 11.7 Å². The second kappa shape index (κ2) is 8.93. The fourth-order valence-electron chi connectivity index (χ4n) is 4.84. The molecule has 0 bridgehead atoms. The Balaban J connectivity index is 1.05. The highest BCUT2D eigenvalue weighted by Gasteiger charge is 2.34. The lowest BCUT2D eigenvalue weighted by molar-refractivity contribution is -0.121. The summed E-state index contributed by atoms with van der Waals surface area (Å²) >= 11 is 0. The molecule has 36 heavy (non-hydrogen) atoms. The molecule has 3 aliphatic rings. The van der Waals surface area contributed by atoms with Crippen LogP contribution in [0.25, 0.3) is 11.1 Å². The molecule has 3 aromatic rings. The molecule has 0 aliphatic carbocycles. The zero-order valence-corrected chi connectivity index (χ0v) is 19.4. The van der Waals surface area contributed by atoms with Gasteiger partial charge in [-0.25, -0.2) is 8.78 Å². The number of benzene rings is 3. The number of hydrogen-bond acceptors (Lipinski definition) is 5. The SMILES string of the molecule is O=C1COc2cc(F)c(C(=O)N3CC(COc4ccc(-c5ccc6c(c5)CCO6)cc4F)C3)cc2C1. The lowest BCUT2D eigenvalue weighted by Gasteiger charge is -2.39. The molecule has 0 saturated carbocycles. The van der Waals surface area contributed by atoms with Gasteiger partial charge in [0.25, 0.3) is 5.91 Å². The van der Waals surface area contributed by atoms with Crippen LogP contribution in [0.4, 0.5) is 8.78 Å². The summed E-state index contributed by atoms with van der Waals surface area (Å²) in [6, 6.07) is 13.3. The van der Waals surface area contributed by atoms with Crippen LogP contribution in [0.3, 0.4) is 0 Å². The number of nitrogens with zero attached hydrogens (tertiary/aromatic N) is 1. The van der Waals surface area contributed by atoms with Gasteiger partial charge < -0.3 is 19.1 Å². The Morgan fingerprint density at radius 1 is 0.944 bits per heavy atom. The summed E-state index contributed by atoms with van der Waals surface area (Å²) in [7, 11) is 0. The van der Waals surface area contributed by atoms with Crippen molar-refractivity contribution in [3.8, 4) is 28.4 Å². The van der Waals surface area contributed by atoms with Crippen LogP contribution in [0.2, 0.25) is 0 Å². The predicted octanol–water partition coefficient (Wildman–Crippen LogP) is 4.22. The summed E-state index contributed by atoms with van der Waals surface area (Å²) in [5, 5.41) is 0. The molecule has 0 unspecified atom stereocenters. The fraction of sp³-hybridized carbons (Fsp3) is 0.286. The molecular formula is C28H23F2NO5. The fourth-order valence-corrected chi connectivity index (χ4v) is 4.84. The molecule has 0 radical (unpaired) electrons. The smallest absolute Gasteiger partial charge is 0.256 e. The topological polar surface area (TPSA) is 65.1 Å². The van der Waals surface area contributed by atoms with E-state index in [0.717, 1.165) is 28.9 Å². The van der Waals surface area contributed by atoms with Gasteiger partial charge in [-0.2, -0.15) is 0 Å². The van der Waals surface area contributed by atoms with Crippen molar-refractivity contribution in [2.45, 2.75) is 12.8 Å². The van der Waals surface area contributed by atoms with Crippen LogP contribution in [0.5, 0.6) is 17.2 Å². The van der Waals surface area contributed by atoms with Gasteiger partial charge in [0.15, 0.2) is 17.3 Å². The zero-order valence-electron chi connectivity index (χ0n) is 19.4. The molecule has 184 valence electrons. The van der Waals surface area contributed by atoms with E-state index in [1.54, 1.807) is 6.07 Å². The van der Waals surface area contributed by atoms with Gasteiger partial charge in [-0.3, -0.25) is 9.59 Å². The standard InChI is InChI=1S/C28H23F2NO5/c29-23-11-27-20(8-21(32)15-36-27)9-22(23)28(33)31-12-16(13-31)14-35-26-4-2-18(10-24(26)30)17-1-3-25-19(7-17)5-6-34-25/h1-4,7,9-11,16H,5-6,8,12-15H2. The van der Waals surface area contributed by atoms with E-state index in [1.165, 1.54) is 23.1 Å². The van der Waals surface area contributed by atoms with Crippen LogP contribution in [0, 0.1) is 17.6 Å². The van der Waals surface area contributed by atoms with Crippen LogP contribution in [0.1, 0.15) is 21.5 Å². The highest BCUT2D eigenvalue weighted by Crippen LogP contribution is 2.33. The van der Waals surface area contributed by atoms with E-state index in [4.69, 9.17) is 14.2 Å². The van der Waals surface area contributed by atoms with E-state index in [0.29, 0.717) is 31.0 Å². The first kappa shape index (κ1) is 22.5.